The zero-order chi connectivity index (χ0) is 49.2. The molecule has 67 heavy (non-hydrogen) atoms. The molecule has 0 fully saturated rings. The van der Waals surface area contributed by atoms with E-state index in [1.54, 1.807) is 56.3 Å². The molecule has 1 aromatic heterocycles. The largest absolute Gasteiger partial charge is 0.492 e. The van der Waals surface area contributed by atoms with Gasteiger partial charge in [-0.2, -0.15) is 5.26 Å². The maximum absolute atomic E-state index is 14.8. The second kappa shape index (κ2) is 22.4. The van der Waals surface area contributed by atoms with Crippen LogP contribution in [0.2, 0.25) is 0 Å². The van der Waals surface area contributed by atoms with Crippen LogP contribution in [0.1, 0.15) is 78.5 Å². The van der Waals surface area contributed by atoms with Crippen LogP contribution in [0.4, 0.5) is 5.69 Å². The summed E-state index contributed by atoms with van der Waals surface area (Å²) in [5.74, 6) is -2.54. The number of carbonyl (C=O) groups excluding carboxylic acids is 5. The van der Waals surface area contributed by atoms with E-state index in [-0.39, 0.29) is 63.2 Å². The van der Waals surface area contributed by atoms with Crippen LogP contribution >= 0.6 is 0 Å². The van der Waals surface area contributed by atoms with E-state index in [1.807, 2.05) is 24.3 Å². The first-order valence-corrected chi connectivity index (χ1v) is 22.2. The van der Waals surface area contributed by atoms with Gasteiger partial charge in [-0.3, -0.25) is 29.0 Å². The number of likely N-dealkylation sites (N-methyl/N-ethyl adjacent to an activating group) is 1. The van der Waals surface area contributed by atoms with Crippen LogP contribution in [-0.4, -0.2) is 104 Å². The van der Waals surface area contributed by atoms with Crippen LogP contribution in [0.15, 0.2) is 60.7 Å². The normalized spacial score (nSPS) is 16.6. The van der Waals surface area contributed by atoms with Crippen molar-refractivity contribution in [1.82, 2.24) is 31.2 Å². The Bertz CT molecular complexity index is 2510. The molecule has 3 aromatic carbocycles. The van der Waals surface area contributed by atoms with Crippen molar-refractivity contribution >= 4 is 35.2 Å². The Morgan fingerprint density at radius 3 is 2.15 bits per heavy atom. The minimum absolute atomic E-state index is 0.0000281. The lowest BCUT2D eigenvalue weighted by Gasteiger charge is -2.32. The average Bonchev–Trinajstić information content (AvgIpc) is 3.28. The molecule has 356 valence electrons. The number of nitriles is 1. The van der Waals surface area contributed by atoms with Gasteiger partial charge in [0, 0.05) is 48.9 Å². The van der Waals surface area contributed by atoms with E-state index in [4.69, 9.17) is 37.4 Å². The van der Waals surface area contributed by atoms with Gasteiger partial charge in [-0.15, -0.1) is 0 Å². The van der Waals surface area contributed by atoms with Crippen LogP contribution in [-0.2, 0) is 31.0 Å². The third-order valence-corrected chi connectivity index (χ3v) is 11.4. The number of nitrogens with zero attached hydrogens (tertiary/aromatic N) is 3. The molecule has 18 nitrogen and oxygen atoms in total. The maximum Gasteiger partial charge on any atom is 0.254 e. The fraction of sp³-hybridized carbons (Fsp3) is 0.408. The molecule has 4 aromatic rings. The number of nitrogens with one attached hydrogen (secondary N) is 4. The van der Waals surface area contributed by atoms with Gasteiger partial charge in [-0.25, -0.2) is 0 Å². The van der Waals surface area contributed by atoms with Gasteiger partial charge in [-0.05, 0) is 97.8 Å². The van der Waals surface area contributed by atoms with Crippen molar-refractivity contribution in [3.05, 3.63) is 94.2 Å². The van der Waals surface area contributed by atoms with Gasteiger partial charge in [-0.1, -0.05) is 45.0 Å². The van der Waals surface area contributed by atoms with Crippen LogP contribution in [0.25, 0.3) is 22.4 Å². The number of pyridine rings is 1. The number of amides is 5. The van der Waals surface area contributed by atoms with Crippen molar-refractivity contribution in [2.75, 3.05) is 52.2 Å². The topological polar surface area (TPSA) is 296 Å². The smallest absolute Gasteiger partial charge is 0.254 e. The lowest BCUT2D eigenvalue weighted by molar-refractivity contribution is -0.141. The Labute approximate surface area is 391 Å². The molecule has 4 atom stereocenters. The molecule has 4 bridgehead atoms. The molecule has 0 radical (unpaired) electrons. The molecule has 0 saturated heterocycles. The zero-order valence-electron chi connectivity index (χ0n) is 39.2. The Morgan fingerprint density at radius 2 is 1.55 bits per heavy atom. The van der Waals surface area contributed by atoms with E-state index in [0.717, 1.165) is 5.56 Å². The number of nitrogen functional groups attached to an aromatic ring is 1. The first kappa shape index (κ1) is 50.9. The van der Waals surface area contributed by atoms with E-state index in [9.17, 15) is 29.2 Å². The van der Waals surface area contributed by atoms with Crippen LogP contribution in [0.5, 0.6) is 11.5 Å². The average molecular weight is 918 g/mol. The van der Waals surface area contributed by atoms with E-state index >= 15 is 0 Å². The van der Waals surface area contributed by atoms with Crippen LogP contribution in [0.3, 0.4) is 0 Å². The molecule has 4 unspecified atom stereocenters. The second-order valence-electron chi connectivity index (χ2n) is 17.5. The van der Waals surface area contributed by atoms with E-state index in [2.05, 4.69) is 42.0 Å². The molecule has 0 saturated carbocycles. The molecule has 5 amide bonds. The number of benzene rings is 3. The van der Waals surface area contributed by atoms with Crippen molar-refractivity contribution in [3.63, 3.8) is 0 Å². The maximum atomic E-state index is 14.8. The van der Waals surface area contributed by atoms with Gasteiger partial charge in [0.1, 0.15) is 55.4 Å². The van der Waals surface area contributed by atoms with Gasteiger partial charge >= 0.3 is 0 Å². The molecule has 1 aliphatic rings. The fourth-order valence-electron chi connectivity index (χ4n) is 7.94. The zero-order valence-corrected chi connectivity index (χ0v) is 39.2. The van der Waals surface area contributed by atoms with E-state index in [0.29, 0.717) is 62.0 Å². The monoisotopic (exact) mass is 917 g/mol. The highest BCUT2D eigenvalue weighted by Crippen LogP contribution is 2.40. The van der Waals surface area contributed by atoms with Crippen molar-refractivity contribution in [1.29, 1.82) is 5.26 Å². The summed E-state index contributed by atoms with van der Waals surface area (Å²) in [6.45, 7) is 11.6. The van der Waals surface area contributed by atoms with Gasteiger partial charge < -0.3 is 58.6 Å². The van der Waals surface area contributed by atoms with Gasteiger partial charge in [0.05, 0.1) is 23.0 Å². The summed E-state index contributed by atoms with van der Waals surface area (Å²) >= 11 is 0. The van der Waals surface area contributed by atoms with E-state index in [1.165, 1.54) is 18.9 Å². The standard InChI is InChI=1S/C49H63N11O7/c1-27-22-38(33-11-10-32(26-36(33)54)49(4,5)6)56-28(2)42(27)46(63)58-37(14-15-50)48(65)60(7)43-31-9-13-41(67-21-18-53)35(25-31)34-23-30(8-12-40(34)66-20-17-52)24-39(45(62)55-19-16-51)59-44(61)29(3)57-47(43)64/h8-13,22-23,25-26,29,37,39,43H,14-15,17-21,24,50,52-54H2,1-7H3,(H,55,62)(H,57,64)(H,58,63)(H,59,61). The highest BCUT2D eigenvalue weighted by Gasteiger charge is 2.36. The minimum Gasteiger partial charge on any atom is -0.492 e. The third-order valence-electron chi connectivity index (χ3n) is 11.4. The molecular weight excluding hydrogens is 855 g/mol. The second-order valence-corrected chi connectivity index (χ2v) is 17.5. The number of ether oxygens (including phenoxy) is 2. The minimum atomic E-state index is -1.41. The Hall–Kier alpha value is -7.07. The number of carbonyl (C=O) groups is 5. The summed E-state index contributed by atoms with van der Waals surface area (Å²) in [5.41, 5.74) is 30.2. The molecular formula is C49H63N11O7. The number of aryl methyl sites for hydroxylation is 2. The van der Waals surface area contributed by atoms with Crippen molar-refractivity contribution in [2.45, 2.75) is 84.0 Å². The first-order chi connectivity index (χ1) is 31.8. The summed E-state index contributed by atoms with van der Waals surface area (Å²) in [5, 5.41) is 20.0. The predicted molar refractivity (Wildman–Crippen MR) is 256 cm³/mol. The number of aromatic nitrogens is 1. The van der Waals surface area contributed by atoms with Gasteiger partial charge in [0.15, 0.2) is 0 Å². The Balaban J connectivity index is 1.58. The molecule has 0 aliphatic carbocycles. The molecule has 12 N–H and O–H groups in total. The third kappa shape index (κ3) is 12.2. The molecule has 18 heteroatoms. The summed E-state index contributed by atoms with van der Waals surface area (Å²) in [4.78, 5) is 76.6. The summed E-state index contributed by atoms with van der Waals surface area (Å²) in [6.07, 6.45) is 0.00328. The molecule has 2 heterocycles. The predicted octanol–water partition coefficient (Wildman–Crippen LogP) is 2.42. The number of hydrogen-bond acceptors (Lipinski definition) is 13. The number of rotatable bonds is 15. The number of nitrogens with two attached hydrogens (primary N) is 4. The highest BCUT2D eigenvalue weighted by molar-refractivity contribution is 6.01. The van der Waals surface area contributed by atoms with Gasteiger partial charge in [0.2, 0.25) is 23.6 Å². The summed E-state index contributed by atoms with van der Waals surface area (Å²) < 4.78 is 12.2. The first-order valence-electron chi connectivity index (χ1n) is 22.2. The molecule has 5 rings (SSSR count). The highest BCUT2D eigenvalue weighted by atomic mass is 16.5. The number of hydrogen-bond donors (Lipinski definition) is 8. The summed E-state index contributed by atoms with van der Waals surface area (Å²) in [7, 11) is 1.42. The Morgan fingerprint density at radius 1 is 0.896 bits per heavy atom. The van der Waals surface area contributed by atoms with Crippen molar-refractivity contribution in [3.8, 4) is 40.0 Å². The summed E-state index contributed by atoms with van der Waals surface area (Å²) in [6, 6.07) is 14.7. The van der Waals surface area contributed by atoms with Crippen molar-refractivity contribution < 1.29 is 33.4 Å². The molecule has 1 aliphatic heterocycles. The molecule has 0 spiro atoms. The Kier molecular flexibility index (Phi) is 17.0. The quantitative estimate of drug-likeness (QED) is 0.0629. The number of anilines is 1. The lowest BCUT2D eigenvalue weighted by atomic mass is 9.86. The lowest BCUT2D eigenvalue weighted by Crippen LogP contribution is -2.56. The van der Waals surface area contributed by atoms with E-state index < -0.39 is 53.7 Å². The fourth-order valence-corrected chi connectivity index (χ4v) is 7.94. The van der Waals surface area contributed by atoms with Crippen molar-refractivity contribution in [2.24, 2.45) is 17.2 Å². The van der Waals surface area contributed by atoms with Crippen LogP contribution in [0, 0.1) is 25.2 Å². The number of fused-ring (bicyclic) bond motifs is 5. The van der Waals surface area contributed by atoms with Gasteiger partial charge in [0.25, 0.3) is 5.91 Å². The van der Waals surface area contributed by atoms with Crippen LogP contribution < -0.4 is 53.7 Å². The SMILES string of the molecule is Cc1cc(-c2ccc(C(C)(C)C)cc2N)nc(C)c1C(=O)NC(CCN)C(=O)N(C)C1C(=O)NC(C)C(=O)NC(C(=O)NCC#N)Cc2ccc(OCCN)c(c2)-c2cc1ccc2OCCN.